The Labute approximate surface area is 122 Å². The fourth-order valence-corrected chi connectivity index (χ4v) is 3.96. The van der Waals surface area contributed by atoms with Crippen molar-refractivity contribution < 1.29 is 13.2 Å². The van der Waals surface area contributed by atoms with Gasteiger partial charge in [0.05, 0.1) is 4.88 Å². The molecule has 0 fully saturated rings. The van der Waals surface area contributed by atoms with Gasteiger partial charge < -0.3 is 0 Å². The van der Waals surface area contributed by atoms with E-state index in [1.165, 1.54) is 6.07 Å². The van der Waals surface area contributed by atoms with Crippen LogP contribution in [-0.4, -0.2) is 14.2 Å². The van der Waals surface area contributed by atoms with E-state index in [1.807, 2.05) is 32.0 Å². The smallest absolute Gasteiger partial charge is 0.239 e. The van der Waals surface area contributed by atoms with Crippen molar-refractivity contribution >= 4 is 27.1 Å². The number of carbonyl (C=O) groups excluding carboxylic acids is 1. The summed E-state index contributed by atoms with van der Waals surface area (Å²) in [6.45, 7) is 3.92. The molecule has 0 saturated carbocycles. The Kier molecular flexibility index (Phi) is 4.08. The van der Waals surface area contributed by atoms with Crippen LogP contribution in [0, 0.1) is 13.8 Å². The number of rotatable bonds is 4. The zero-order chi connectivity index (χ0) is 14.9. The number of aryl methyl sites for hydroxylation is 2. The van der Waals surface area contributed by atoms with Crippen LogP contribution in [0.25, 0.3) is 0 Å². The summed E-state index contributed by atoms with van der Waals surface area (Å²) in [4.78, 5) is 12.4. The zero-order valence-corrected chi connectivity index (χ0v) is 12.8. The monoisotopic (exact) mass is 309 g/mol. The summed E-state index contributed by atoms with van der Waals surface area (Å²) in [6, 6.07) is 7.20. The van der Waals surface area contributed by atoms with E-state index in [2.05, 4.69) is 0 Å². The summed E-state index contributed by atoms with van der Waals surface area (Å²) >= 11 is 1.10. The molecule has 2 rings (SSSR count). The second-order valence-electron chi connectivity index (χ2n) is 4.69. The van der Waals surface area contributed by atoms with Crippen LogP contribution >= 0.6 is 11.3 Å². The van der Waals surface area contributed by atoms with E-state index in [0.717, 1.165) is 28.0 Å². The van der Waals surface area contributed by atoms with Crippen molar-refractivity contribution in [3.05, 3.63) is 51.2 Å². The van der Waals surface area contributed by atoms with Crippen molar-refractivity contribution in [2.75, 3.05) is 0 Å². The Balaban J connectivity index is 2.32. The molecule has 2 N–H and O–H groups in total. The SMILES string of the molecule is Cc1ccc(CC(=O)c2sccc2S(N)(=O)=O)c(C)c1. The van der Waals surface area contributed by atoms with Gasteiger partial charge in [-0.2, -0.15) is 0 Å². The van der Waals surface area contributed by atoms with E-state index < -0.39 is 10.0 Å². The highest BCUT2D eigenvalue weighted by molar-refractivity contribution is 7.89. The molecule has 2 aromatic rings. The average molecular weight is 309 g/mol. The van der Waals surface area contributed by atoms with Crippen LogP contribution < -0.4 is 5.14 Å². The number of carbonyl (C=O) groups is 1. The first-order valence-electron chi connectivity index (χ1n) is 5.98. The summed E-state index contributed by atoms with van der Waals surface area (Å²) in [5.41, 5.74) is 3.04. The molecule has 0 aliphatic carbocycles. The highest BCUT2D eigenvalue weighted by atomic mass is 32.2. The number of hydrogen-bond acceptors (Lipinski definition) is 4. The lowest BCUT2D eigenvalue weighted by Gasteiger charge is -2.06. The molecule has 0 aliphatic rings. The highest BCUT2D eigenvalue weighted by Gasteiger charge is 2.21. The average Bonchev–Trinajstić information content (AvgIpc) is 2.81. The van der Waals surface area contributed by atoms with E-state index >= 15 is 0 Å². The van der Waals surface area contributed by atoms with Crippen molar-refractivity contribution in [1.82, 2.24) is 0 Å². The van der Waals surface area contributed by atoms with Crippen molar-refractivity contribution in [3.8, 4) is 0 Å². The number of Topliss-reactive ketones (excluding diaryl/α,β-unsaturated/α-hetero) is 1. The van der Waals surface area contributed by atoms with Gasteiger partial charge in [0.15, 0.2) is 5.78 Å². The van der Waals surface area contributed by atoms with Crippen LogP contribution in [-0.2, 0) is 16.4 Å². The summed E-state index contributed by atoms with van der Waals surface area (Å²) in [5, 5.41) is 6.67. The number of benzene rings is 1. The molecule has 0 saturated heterocycles. The number of hydrogen-bond donors (Lipinski definition) is 1. The van der Waals surface area contributed by atoms with Gasteiger partial charge in [-0.1, -0.05) is 23.8 Å². The van der Waals surface area contributed by atoms with Gasteiger partial charge >= 0.3 is 0 Å². The first kappa shape index (κ1) is 14.9. The van der Waals surface area contributed by atoms with Crippen LogP contribution in [0.1, 0.15) is 26.4 Å². The van der Waals surface area contributed by atoms with Gasteiger partial charge in [0.25, 0.3) is 0 Å². The minimum atomic E-state index is -3.85. The Morgan fingerprint density at radius 2 is 1.95 bits per heavy atom. The molecule has 1 aromatic carbocycles. The van der Waals surface area contributed by atoms with Gasteiger partial charge in [-0.3, -0.25) is 4.79 Å². The maximum Gasteiger partial charge on any atom is 0.239 e. The zero-order valence-electron chi connectivity index (χ0n) is 11.2. The van der Waals surface area contributed by atoms with Gasteiger partial charge in [0, 0.05) is 6.42 Å². The molecule has 0 bridgehead atoms. The Morgan fingerprint density at radius 3 is 2.55 bits per heavy atom. The first-order chi connectivity index (χ1) is 9.29. The summed E-state index contributed by atoms with van der Waals surface area (Å²) in [5.74, 6) is -0.226. The predicted octanol–water partition coefficient (Wildman–Crippen LogP) is 2.44. The van der Waals surface area contributed by atoms with Crippen LogP contribution in [0.2, 0.25) is 0 Å². The molecule has 4 nitrogen and oxygen atoms in total. The molecule has 0 amide bonds. The largest absolute Gasteiger partial charge is 0.293 e. The van der Waals surface area contributed by atoms with Crippen molar-refractivity contribution in [3.63, 3.8) is 0 Å². The molecule has 1 heterocycles. The number of nitrogens with two attached hydrogens (primary N) is 1. The third-order valence-electron chi connectivity index (χ3n) is 3.04. The van der Waals surface area contributed by atoms with E-state index in [4.69, 9.17) is 5.14 Å². The molecular formula is C14H15NO3S2. The lowest BCUT2D eigenvalue weighted by Crippen LogP contribution is -2.15. The lowest BCUT2D eigenvalue weighted by molar-refractivity contribution is 0.0994. The molecule has 106 valence electrons. The standard InChI is InChI=1S/C14H15NO3S2/c1-9-3-4-11(10(2)7-9)8-12(16)14-13(5-6-19-14)20(15,17)18/h3-7H,8H2,1-2H3,(H2,15,17,18). The molecule has 1 aromatic heterocycles. The van der Waals surface area contributed by atoms with Gasteiger partial charge in [-0.25, -0.2) is 13.6 Å². The van der Waals surface area contributed by atoms with Gasteiger partial charge in [-0.05, 0) is 36.4 Å². The third kappa shape index (κ3) is 3.15. The van der Waals surface area contributed by atoms with E-state index in [0.29, 0.717) is 0 Å². The molecule has 0 unspecified atom stereocenters. The van der Waals surface area contributed by atoms with Crippen LogP contribution in [0.15, 0.2) is 34.5 Å². The maximum absolute atomic E-state index is 12.3. The predicted molar refractivity (Wildman–Crippen MR) is 79.6 cm³/mol. The number of primary sulfonamides is 1. The van der Waals surface area contributed by atoms with E-state index in [-0.39, 0.29) is 22.0 Å². The second-order valence-corrected chi connectivity index (χ2v) is 7.13. The molecule has 0 aliphatic heterocycles. The lowest BCUT2D eigenvalue weighted by atomic mass is 10.0. The molecule has 0 atom stereocenters. The summed E-state index contributed by atoms with van der Waals surface area (Å²) in [6.07, 6.45) is 0.176. The van der Waals surface area contributed by atoms with Gasteiger partial charge in [-0.15, -0.1) is 11.3 Å². The van der Waals surface area contributed by atoms with Crippen molar-refractivity contribution in [2.45, 2.75) is 25.2 Å². The fourth-order valence-electron chi connectivity index (χ4n) is 2.02. The second kappa shape index (κ2) is 5.47. The number of sulfonamides is 1. The minimum Gasteiger partial charge on any atom is -0.293 e. The normalized spacial score (nSPS) is 11.6. The van der Waals surface area contributed by atoms with E-state index in [9.17, 15) is 13.2 Å². The highest BCUT2D eigenvalue weighted by Crippen LogP contribution is 2.23. The van der Waals surface area contributed by atoms with Crippen molar-refractivity contribution in [2.24, 2.45) is 5.14 Å². The molecule has 6 heteroatoms. The third-order valence-corrected chi connectivity index (χ3v) is 5.08. The Hall–Kier alpha value is -1.50. The molecular weight excluding hydrogens is 294 g/mol. The van der Waals surface area contributed by atoms with E-state index in [1.54, 1.807) is 5.38 Å². The molecule has 0 spiro atoms. The molecule has 20 heavy (non-hydrogen) atoms. The first-order valence-corrected chi connectivity index (χ1v) is 8.41. The Morgan fingerprint density at radius 1 is 1.25 bits per heavy atom. The van der Waals surface area contributed by atoms with Crippen LogP contribution in [0.4, 0.5) is 0 Å². The van der Waals surface area contributed by atoms with Crippen LogP contribution in [0.3, 0.4) is 0 Å². The van der Waals surface area contributed by atoms with Gasteiger partial charge in [0.1, 0.15) is 4.90 Å². The summed E-state index contributed by atoms with van der Waals surface area (Å²) in [7, 11) is -3.85. The maximum atomic E-state index is 12.3. The number of thiophene rings is 1. The van der Waals surface area contributed by atoms with Crippen molar-refractivity contribution in [1.29, 1.82) is 0 Å². The molecule has 0 radical (unpaired) electrons. The quantitative estimate of drug-likeness (QED) is 0.881. The van der Waals surface area contributed by atoms with Crippen LogP contribution in [0.5, 0.6) is 0 Å². The minimum absolute atomic E-state index is 0.0859. The Bertz CT molecular complexity index is 760. The fraction of sp³-hybridized carbons (Fsp3) is 0.214. The topological polar surface area (TPSA) is 77.2 Å². The number of ketones is 1. The summed E-state index contributed by atoms with van der Waals surface area (Å²) < 4.78 is 22.8. The van der Waals surface area contributed by atoms with Gasteiger partial charge in [0.2, 0.25) is 10.0 Å².